The Morgan fingerprint density at radius 1 is 1.15 bits per heavy atom. The molecule has 33 heavy (non-hydrogen) atoms. The van der Waals surface area contributed by atoms with Crippen molar-refractivity contribution in [3.63, 3.8) is 0 Å². The lowest BCUT2D eigenvalue weighted by Crippen LogP contribution is -2.30. The quantitative estimate of drug-likeness (QED) is 0.502. The van der Waals surface area contributed by atoms with Crippen LogP contribution in [0.25, 0.3) is 0 Å². The van der Waals surface area contributed by atoms with Gasteiger partial charge in [-0.2, -0.15) is 18.3 Å². The van der Waals surface area contributed by atoms with Crippen LogP contribution in [0.1, 0.15) is 58.4 Å². The summed E-state index contributed by atoms with van der Waals surface area (Å²) in [6.07, 6.45) is -1.92. The smallest absolute Gasteiger partial charge is 0.306 e. The molecule has 4 rings (SSSR count). The molecule has 3 heterocycles. The first kappa shape index (κ1) is 23.6. The van der Waals surface area contributed by atoms with Gasteiger partial charge in [0, 0.05) is 24.7 Å². The Labute approximate surface area is 194 Å². The van der Waals surface area contributed by atoms with Crippen LogP contribution in [0.2, 0.25) is 5.02 Å². The van der Waals surface area contributed by atoms with E-state index in [0.29, 0.717) is 48.8 Å². The summed E-state index contributed by atoms with van der Waals surface area (Å²) in [5.41, 5.74) is 1.22. The Kier molecular flexibility index (Phi) is 6.72. The summed E-state index contributed by atoms with van der Waals surface area (Å²) in [5.74, 6) is -0.808. The topological polar surface area (TPSA) is 57.7 Å². The first-order chi connectivity index (χ1) is 15.6. The first-order valence-corrected chi connectivity index (χ1v) is 11.1. The van der Waals surface area contributed by atoms with Crippen LogP contribution in [0.15, 0.2) is 24.4 Å². The molecule has 0 radical (unpaired) electrons. The predicted octanol–water partition coefficient (Wildman–Crippen LogP) is 5.31. The van der Waals surface area contributed by atoms with Crippen molar-refractivity contribution in [3.8, 4) is 0 Å². The molecule has 0 saturated carbocycles. The van der Waals surface area contributed by atoms with Crippen LogP contribution in [0.3, 0.4) is 0 Å². The van der Waals surface area contributed by atoms with E-state index in [1.54, 1.807) is 0 Å². The maximum atomic E-state index is 15.0. The summed E-state index contributed by atoms with van der Waals surface area (Å²) < 4.78 is 56.7. The highest BCUT2D eigenvalue weighted by molar-refractivity contribution is 6.31. The number of aryl methyl sites for hydroxylation is 1. The van der Waals surface area contributed by atoms with E-state index in [9.17, 15) is 17.6 Å². The molecule has 0 spiro atoms. The molecule has 1 aromatic carbocycles. The minimum atomic E-state index is -4.58. The second-order valence-electron chi connectivity index (χ2n) is 8.58. The molecule has 1 saturated heterocycles. The van der Waals surface area contributed by atoms with Crippen molar-refractivity contribution in [3.05, 3.63) is 74.8 Å². The van der Waals surface area contributed by atoms with Crippen molar-refractivity contribution in [2.75, 3.05) is 20.1 Å². The largest absolute Gasteiger partial charge is 0.416 e. The second-order valence-corrected chi connectivity index (χ2v) is 8.99. The summed E-state index contributed by atoms with van der Waals surface area (Å²) in [5, 5.41) is 7.29. The van der Waals surface area contributed by atoms with Crippen LogP contribution in [0, 0.1) is 12.7 Å². The summed E-state index contributed by atoms with van der Waals surface area (Å²) in [6, 6.07) is 3.81. The molecule has 3 aromatic rings. The van der Waals surface area contributed by atoms with E-state index < -0.39 is 17.6 Å². The van der Waals surface area contributed by atoms with Gasteiger partial charge in [-0.05, 0) is 75.1 Å². The van der Waals surface area contributed by atoms with Gasteiger partial charge in [0.15, 0.2) is 0 Å². The first-order valence-electron chi connectivity index (χ1n) is 10.7. The predicted molar refractivity (Wildman–Crippen MR) is 117 cm³/mol. The highest BCUT2D eigenvalue weighted by atomic mass is 35.5. The number of aromatic amines is 1. The molecule has 0 amide bonds. The van der Waals surface area contributed by atoms with Gasteiger partial charge in [0.25, 0.3) is 0 Å². The van der Waals surface area contributed by atoms with Crippen LogP contribution in [-0.2, 0) is 19.0 Å². The zero-order valence-electron chi connectivity index (χ0n) is 18.3. The van der Waals surface area contributed by atoms with E-state index in [1.807, 2.05) is 20.0 Å². The molecule has 0 atom stereocenters. The molecule has 176 valence electrons. The number of piperidine rings is 1. The van der Waals surface area contributed by atoms with Crippen molar-refractivity contribution in [1.82, 2.24) is 25.1 Å². The van der Waals surface area contributed by atoms with Crippen LogP contribution < -0.4 is 0 Å². The fourth-order valence-electron chi connectivity index (χ4n) is 4.23. The van der Waals surface area contributed by atoms with E-state index in [4.69, 9.17) is 11.6 Å². The average molecular weight is 482 g/mol. The molecular formula is C23H24ClF4N5. The maximum absolute atomic E-state index is 15.0. The lowest BCUT2D eigenvalue weighted by molar-refractivity contribution is -0.138. The Hall–Kier alpha value is -2.52. The Balaban J connectivity index is 1.63. The normalized spacial score (nSPS) is 15.8. The number of hydrogen-bond acceptors (Lipinski definition) is 4. The molecular weight excluding hydrogens is 458 g/mol. The fraction of sp³-hybridized carbons (Fsp3) is 0.435. The minimum Gasteiger partial charge on any atom is -0.306 e. The molecule has 1 aliphatic rings. The van der Waals surface area contributed by atoms with E-state index in [0.717, 1.165) is 17.8 Å². The molecule has 5 nitrogen and oxygen atoms in total. The molecule has 0 aliphatic carbocycles. The standard InChI is InChI=1S/C23H24ClF4N5/c1-13-7-16(32-31-13)10-21-19(24)12-29-22(30-21)9-15-8-18(23(26,27)28)17(11-20(15)25)14-3-5-33(2)6-4-14/h7-8,11-12,14H,3-6,9-10H2,1-2H3,(H,31,32). The van der Waals surface area contributed by atoms with E-state index in [-0.39, 0.29) is 29.3 Å². The number of nitrogens with zero attached hydrogens (tertiary/aromatic N) is 4. The minimum absolute atomic E-state index is 0.0310. The third-order valence-electron chi connectivity index (χ3n) is 6.01. The summed E-state index contributed by atoms with van der Waals surface area (Å²) in [7, 11) is 1.93. The monoisotopic (exact) mass is 481 g/mol. The van der Waals surface area contributed by atoms with Crippen molar-refractivity contribution >= 4 is 11.6 Å². The molecule has 2 aromatic heterocycles. The van der Waals surface area contributed by atoms with Crippen molar-refractivity contribution in [1.29, 1.82) is 0 Å². The number of H-pyrrole nitrogens is 1. The van der Waals surface area contributed by atoms with Gasteiger partial charge < -0.3 is 4.90 Å². The molecule has 10 heteroatoms. The van der Waals surface area contributed by atoms with Gasteiger partial charge in [-0.15, -0.1) is 0 Å². The zero-order chi connectivity index (χ0) is 23.8. The Bertz CT molecular complexity index is 1140. The van der Waals surface area contributed by atoms with Crippen molar-refractivity contribution in [2.24, 2.45) is 0 Å². The number of likely N-dealkylation sites (tertiary alicyclic amines) is 1. The maximum Gasteiger partial charge on any atom is 0.416 e. The van der Waals surface area contributed by atoms with E-state index >= 15 is 0 Å². The summed E-state index contributed by atoms with van der Waals surface area (Å²) in [6.45, 7) is 3.23. The second kappa shape index (κ2) is 9.38. The molecule has 1 N–H and O–H groups in total. The number of halogens is 5. The SMILES string of the molecule is Cc1cc(Cc2nc(Cc3cc(C(F)(F)F)c(C4CCN(C)CC4)cc3F)ncc2Cl)n[nH]1. The number of hydrogen-bond donors (Lipinski definition) is 1. The van der Waals surface area contributed by atoms with Gasteiger partial charge >= 0.3 is 6.18 Å². The number of nitrogens with one attached hydrogen (secondary N) is 1. The van der Waals surface area contributed by atoms with Crippen molar-refractivity contribution in [2.45, 2.75) is 44.7 Å². The molecule has 1 aliphatic heterocycles. The van der Waals surface area contributed by atoms with Crippen LogP contribution in [0.4, 0.5) is 17.6 Å². The lowest BCUT2D eigenvalue weighted by Gasteiger charge is -2.31. The fourth-order valence-corrected chi connectivity index (χ4v) is 4.39. The van der Waals surface area contributed by atoms with Gasteiger partial charge in [-0.1, -0.05) is 11.6 Å². The highest BCUT2D eigenvalue weighted by Gasteiger charge is 2.37. The van der Waals surface area contributed by atoms with Crippen LogP contribution >= 0.6 is 11.6 Å². The molecule has 0 bridgehead atoms. The number of benzene rings is 1. The zero-order valence-corrected chi connectivity index (χ0v) is 19.1. The molecule has 0 unspecified atom stereocenters. The summed E-state index contributed by atoms with van der Waals surface area (Å²) >= 11 is 6.20. The third-order valence-corrected chi connectivity index (χ3v) is 6.32. The van der Waals surface area contributed by atoms with Gasteiger partial charge in [0.2, 0.25) is 0 Å². The number of alkyl halides is 3. The average Bonchev–Trinajstić information content (AvgIpc) is 3.16. The van der Waals surface area contributed by atoms with Crippen molar-refractivity contribution < 1.29 is 17.6 Å². The van der Waals surface area contributed by atoms with E-state index in [1.165, 1.54) is 6.20 Å². The molecule has 1 fully saturated rings. The lowest BCUT2D eigenvalue weighted by atomic mass is 9.85. The van der Waals surface area contributed by atoms with Gasteiger partial charge in [0.1, 0.15) is 11.6 Å². The van der Waals surface area contributed by atoms with Gasteiger partial charge in [-0.25, -0.2) is 14.4 Å². The van der Waals surface area contributed by atoms with Gasteiger partial charge in [-0.3, -0.25) is 5.10 Å². The third kappa shape index (κ3) is 5.52. The highest BCUT2D eigenvalue weighted by Crippen LogP contribution is 2.40. The number of rotatable bonds is 5. The Morgan fingerprint density at radius 2 is 1.88 bits per heavy atom. The summed E-state index contributed by atoms with van der Waals surface area (Å²) in [4.78, 5) is 10.5. The van der Waals surface area contributed by atoms with Crippen LogP contribution in [0.5, 0.6) is 0 Å². The van der Waals surface area contributed by atoms with Crippen LogP contribution in [-0.4, -0.2) is 45.2 Å². The number of aromatic nitrogens is 4. The van der Waals surface area contributed by atoms with E-state index in [2.05, 4.69) is 25.1 Å². The Morgan fingerprint density at radius 3 is 2.52 bits per heavy atom. The van der Waals surface area contributed by atoms with Gasteiger partial charge in [0.05, 0.1) is 22.0 Å².